The number of rotatable bonds is 11. The highest BCUT2D eigenvalue weighted by molar-refractivity contribution is 5.92. The predicted molar refractivity (Wildman–Crippen MR) is 151 cm³/mol. The molecule has 0 aromatic heterocycles. The van der Waals surface area contributed by atoms with Gasteiger partial charge in [-0.05, 0) is 63.6 Å². The summed E-state index contributed by atoms with van der Waals surface area (Å²) in [5, 5.41) is 5.82. The van der Waals surface area contributed by atoms with E-state index in [9.17, 15) is 14.4 Å². The number of carbonyl (C=O) groups is 3. The number of amides is 3. The first-order chi connectivity index (χ1) is 17.9. The Morgan fingerprint density at radius 3 is 2.00 bits per heavy atom. The average Bonchev–Trinajstić information content (AvgIpc) is 2.87. The molecule has 2 N–H and O–H groups in total. The maximum absolute atomic E-state index is 14.2. The first kappa shape index (κ1) is 30.9. The normalized spacial score (nSPS) is 13.8. The molecule has 2 aromatic carbocycles. The van der Waals surface area contributed by atoms with Gasteiger partial charge in [0, 0.05) is 12.6 Å². The lowest BCUT2D eigenvalue weighted by atomic mass is 9.94. The second kappa shape index (κ2) is 14.0. The van der Waals surface area contributed by atoms with E-state index < -0.39 is 23.8 Å². The van der Waals surface area contributed by atoms with E-state index in [0.29, 0.717) is 13.0 Å². The molecule has 0 aliphatic carbocycles. The molecule has 0 spiro atoms. The van der Waals surface area contributed by atoms with Crippen LogP contribution in [0.5, 0.6) is 0 Å². The van der Waals surface area contributed by atoms with Gasteiger partial charge in [0.15, 0.2) is 0 Å². The van der Waals surface area contributed by atoms with E-state index in [2.05, 4.69) is 17.6 Å². The Morgan fingerprint density at radius 2 is 1.50 bits per heavy atom. The fraction of sp³-hybridized carbons (Fsp3) is 0.516. The quantitative estimate of drug-likeness (QED) is 0.391. The Kier molecular flexibility index (Phi) is 11.4. The molecule has 2 rings (SSSR count). The smallest absolute Gasteiger partial charge is 0.408 e. The standard InChI is InChI=1S/C31H45N3O4/c1-9-22(5)26(33-30(37)38-31(6,7)8)29(36)34(21(3)4)27(25-18-16-23(10-2)17-19-25)28(35)32-20-24-14-12-11-13-15-24/h11-19,21-22,26-27H,9-10,20H2,1-8H3,(H,32,35)(H,33,37). The molecule has 0 saturated heterocycles. The lowest BCUT2D eigenvalue weighted by molar-refractivity contribution is -0.145. The fourth-order valence-corrected chi connectivity index (χ4v) is 4.21. The van der Waals surface area contributed by atoms with Crippen LogP contribution in [-0.4, -0.2) is 40.5 Å². The zero-order valence-corrected chi connectivity index (χ0v) is 24.2. The molecule has 0 aliphatic rings. The van der Waals surface area contributed by atoms with Crippen molar-refractivity contribution in [3.05, 3.63) is 71.3 Å². The topological polar surface area (TPSA) is 87.7 Å². The Hall–Kier alpha value is -3.35. The van der Waals surface area contributed by atoms with Crippen LogP contribution in [0.2, 0.25) is 0 Å². The van der Waals surface area contributed by atoms with Crippen LogP contribution >= 0.6 is 0 Å². The van der Waals surface area contributed by atoms with Crippen molar-refractivity contribution >= 4 is 17.9 Å². The highest BCUT2D eigenvalue weighted by Crippen LogP contribution is 2.27. The van der Waals surface area contributed by atoms with Crippen LogP contribution in [-0.2, 0) is 27.3 Å². The minimum absolute atomic E-state index is 0.174. The summed E-state index contributed by atoms with van der Waals surface area (Å²) in [5.74, 6) is -0.772. The molecule has 7 nitrogen and oxygen atoms in total. The van der Waals surface area contributed by atoms with Crippen molar-refractivity contribution in [1.29, 1.82) is 0 Å². The predicted octanol–water partition coefficient (Wildman–Crippen LogP) is 5.78. The highest BCUT2D eigenvalue weighted by Gasteiger charge is 2.39. The van der Waals surface area contributed by atoms with Crippen molar-refractivity contribution < 1.29 is 19.1 Å². The van der Waals surface area contributed by atoms with Crippen molar-refractivity contribution in [2.75, 3.05) is 0 Å². The van der Waals surface area contributed by atoms with Gasteiger partial charge in [-0.15, -0.1) is 0 Å². The molecular weight excluding hydrogens is 478 g/mol. The van der Waals surface area contributed by atoms with Crippen molar-refractivity contribution in [2.45, 2.75) is 98.5 Å². The second-order valence-corrected chi connectivity index (χ2v) is 11.0. The first-order valence-corrected chi connectivity index (χ1v) is 13.6. The summed E-state index contributed by atoms with van der Waals surface area (Å²) in [5.41, 5.74) is 2.12. The number of hydrogen-bond donors (Lipinski definition) is 2. The number of carbonyl (C=O) groups excluding carboxylic acids is 3. The van der Waals surface area contributed by atoms with Gasteiger partial charge >= 0.3 is 6.09 Å². The zero-order valence-electron chi connectivity index (χ0n) is 24.2. The maximum Gasteiger partial charge on any atom is 0.408 e. The molecule has 3 atom stereocenters. The van der Waals surface area contributed by atoms with Crippen molar-refractivity contribution in [2.24, 2.45) is 5.92 Å². The van der Waals surface area contributed by atoms with Crippen LogP contribution in [0.3, 0.4) is 0 Å². The zero-order chi connectivity index (χ0) is 28.5. The summed E-state index contributed by atoms with van der Waals surface area (Å²) in [4.78, 5) is 42.3. The van der Waals surface area contributed by atoms with E-state index in [1.54, 1.807) is 25.7 Å². The van der Waals surface area contributed by atoms with E-state index in [-0.39, 0.29) is 23.8 Å². The first-order valence-electron chi connectivity index (χ1n) is 13.6. The lowest BCUT2D eigenvalue weighted by Crippen LogP contribution is -2.56. The van der Waals surface area contributed by atoms with Gasteiger partial charge in [-0.2, -0.15) is 0 Å². The summed E-state index contributed by atoms with van der Waals surface area (Å²) in [7, 11) is 0. The molecule has 3 unspecified atom stereocenters. The molecule has 38 heavy (non-hydrogen) atoms. The fourth-order valence-electron chi connectivity index (χ4n) is 4.21. The van der Waals surface area contributed by atoms with E-state index in [0.717, 1.165) is 23.1 Å². The van der Waals surface area contributed by atoms with Gasteiger partial charge in [-0.25, -0.2) is 4.79 Å². The van der Waals surface area contributed by atoms with Gasteiger partial charge in [0.2, 0.25) is 11.8 Å². The number of hydrogen-bond acceptors (Lipinski definition) is 4. The lowest BCUT2D eigenvalue weighted by Gasteiger charge is -2.38. The van der Waals surface area contributed by atoms with E-state index in [1.165, 1.54) is 0 Å². The second-order valence-electron chi connectivity index (χ2n) is 11.0. The number of nitrogens with one attached hydrogen (secondary N) is 2. The number of benzene rings is 2. The molecule has 208 valence electrons. The molecule has 0 radical (unpaired) electrons. The Labute approximate surface area is 228 Å². The summed E-state index contributed by atoms with van der Waals surface area (Å²) >= 11 is 0. The van der Waals surface area contributed by atoms with E-state index in [1.807, 2.05) is 82.3 Å². The number of nitrogens with zero attached hydrogens (tertiary/aromatic N) is 1. The minimum Gasteiger partial charge on any atom is -0.444 e. The van der Waals surface area contributed by atoms with Gasteiger partial charge in [-0.3, -0.25) is 9.59 Å². The molecule has 0 bridgehead atoms. The van der Waals surface area contributed by atoms with Crippen LogP contribution in [0.15, 0.2) is 54.6 Å². The third kappa shape index (κ3) is 8.89. The molecule has 3 amide bonds. The SMILES string of the molecule is CCc1ccc(C(C(=O)NCc2ccccc2)N(C(=O)C(NC(=O)OC(C)(C)C)C(C)CC)C(C)C)cc1. The summed E-state index contributed by atoms with van der Waals surface area (Å²) in [6.45, 7) is 15.4. The van der Waals surface area contributed by atoms with Gasteiger partial charge in [-0.1, -0.05) is 81.8 Å². The summed E-state index contributed by atoms with van der Waals surface area (Å²) < 4.78 is 5.46. The highest BCUT2D eigenvalue weighted by atomic mass is 16.6. The van der Waals surface area contributed by atoms with Crippen LogP contribution in [0.4, 0.5) is 4.79 Å². The summed E-state index contributed by atoms with van der Waals surface area (Å²) in [6, 6.07) is 15.4. The van der Waals surface area contributed by atoms with Gasteiger partial charge < -0.3 is 20.3 Å². The molecular formula is C31H45N3O4. The van der Waals surface area contributed by atoms with Crippen LogP contribution in [0.25, 0.3) is 0 Å². The number of ether oxygens (including phenoxy) is 1. The van der Waals surface area contributed by atoms with Gasteiger partial charge in [0.05, 0.1) is 0 Å². The van der Waals surface area contributed by atoms with Crippen molar-refractivity contribution in [1.82, 2.24) is 15.5 Å². The molecule has 2 aromatic rings. The molecule has 0 heterocycles. The van der Waals surface area contributed by atoms with Crippen LogP contribution in [0, 0.1) is 5.92 Å². The largest absolute Gasteiger partial charge is 0.444 e. The molecule has 0 fully saturated rings. The Morgan fingerprint density at radius 1 is 0.895 bits per heavy atom. The summed E-state index contributed by atoms with van der Waals surface area (Å²) in [6.07, 6.45) is 0.875. The Bertz CT molecular complexity index is 1050. The van der Waals surface area contributed by atoms with E-state index in [4.69, 9.17) is 4.74 Å². The van der Waals surface area contributed by atoms with Crippen molar-refractivity contribution in [3.63, 3.8) is 0 Å². The average molecular weight is 524 g/mol. The van der Waals surface area contributed by atoms with E-state index >= 15 is 0 Å². The minimum atomic E-state index is -0.871. The third-order valence-corrected chi connectivity index (χ3v) is 6.50. The van der Waals surface area contributed by atoms with Gasteiger partial charge in [0.1, 0.15) is 17.7 Å². The molecule has 7 heteroatoms. The van der Waals surface area contributed by atoms with Crippen LogP contribution < -0.4 is 10.6 Å². The molecule has 0 saturated carbocycles. The molecule has 0 aliphatic heterocycles. The number of alkyl carbamates (subject to hydrolysis) is 1. The monoisotopic (exact) mass is 523 g/mol. The van der Waals surface area contributed by atoms with Crippen LogP contribution in [0.1, 0.15) is 84.5 Å². The maximum atomic E-state index is 14.2. The third-order valence-electron chi connectivity index (χ3n) is 6.50. The van der Waals surface area contributed by atoms with Crippen molar-refractivity contribution in [3.8, 4) is 0 Å². The van der Waals surface area contributed by atoms with Gasteiger partial charge in [0.25, 0.3) is 0 Å². The number of aryl methyl sites for hydroxylation is 1. The Balaban J connectivity index is 2.47.